The molecule has 0 saturated carbocycles. The molecule has 3 nitrogen and oxygen atoms in total. The van der Waals surface area contributed by atoms with Crippen LogP contribution in [0.5, 0.6) is 0 Å². The van der Waals surface area contributed by atoms with Crippen molar-refractivity contribution in [1.29, 1.82) is 0 Å². The second kappa shape index (κ2) is 5.67. The van der Waals surface area contributed by atoms with E-state index in [2.05, 4.69) is 0 Å². The molecule has 0 amide bonds. The van der Waals surface area contributed by atoms with Crippen molar-refractivity contribution in [2.24, 2.45) is 0 Å². The van der Waals surface area contributed by atoms with Crippen LogP contribution < -0.4 is 0 Å². The number of hydrogen-bond acceptors (Lipinski definition) is 3. The molecule has 1 heterocycles. The Hall–Kier alpha value is -0.330. The Morgan fingerprint density at radius 1 is 1.33 bits per heavy atom. The molecule has 0 spiro atoms. The number of ether oxygens (including phenoxy) is 1. The average molecular weight is 227 g/mol. The molecule has 1 atom stereocenters. The maximum absolute atomic E-state index is 12.5. The van der Waals surface area contributed by atoms with Crippen LogP contribution in [0, 0.1) is 0 Å². The zero-order valence-corrected chi connectivity index (χ0v) is 8.46. The minimum absolute atomic E-state index is 0.0417. The maximum atomic E-state index is 12.5. The number of piperidine rings is 1. The SMILES string of the molecule is OCCOC[C@H]1CCCCN1C(F)(F)F. The standard InChI is InChI=1S/C9H16F3NO2/c10-9(11,12)13-4-2-1-3-8(13)7-15-6-5-14/h8,14H,1-7H2/t8-/m1/s1. The van der Waals surface area contributed by atoms with Crippen molar-refractivity contribution >= 4 is 0 Å². The lowest BCUT2D eigenvalue weighted by atomic mass is 10.0. The Morgan fingerprint density at radius 2 is 2.07 bits per heavy atom. The van der Waals surface area contributed by atoms with E-state index >= 15 is 0 Å². The van der Waals surface area contributed by atoms with Gasteiger partial charge in [0.1, 0.15) is 0 Å². The van der Waals surface area contributed by atoms with Crippen LogP contribution in [0.3, 0.4) is 0 Å². The molecule has 0 aromatic rings. The summed E-state index contributed by atoms with van der Waals surface area (Å²) in [5, 5.41) is 8.46. The minimum Gasteiger partial charge on any atom is -0.394 e. The van der Waals surface area contributed by atoms with Crippen LogP contribution in [0.4, 0.5) is 13.2 Å². The first-order chi connectivity index (χ1) is 7.05. The van der Waals surface area contributed by atoms with Crippen LogP contribution in [0.1, 0.15) is 19.3 Å². The molecule has 0 aromatic heterocycles. The van der Waals surface area contributed by atoms with E-state index in [1.165, 1.54) is 0 Å². The van der Waals surface area contributed by atoms with Crippen LogP contribution in [0.25, 0.3) is 0 Å². The Bertz CT molecular complexity index is 187. The summed E-state index contributed by atoms with van der Waals surface area (Å²) in [5.74, 6) is 0. The van der Waals surface area contributed by atoms with Gasteiger partial charge in [0.15, 0.2) is 0 Å². The molecule has 0 bridgehead atoms. The zero-order chi connectivity index (χ0) is 11.3. The van der Waals surface area contributed by atoms with Gasteiger partial charge in [-0.3, -0.25) is 0 Å². The lowest BCUT2D eigenvalue weighted by molar-refractivity contribution is -0.267. The highest BCUT2D eigenvalue weighted by atomic mass is 19.4. The molecule has 1 fully saturated rings. The molecule has 0 radical (unpaired) electrons. The molecular formula is C9H16F3NO2. The van der Waals surface area contributed by atoms with Crippen molar-refractivity contribution in [2.45, 2.75) is 31.6 Å². The Morgan fingerprint density at radius 3 is 2.67 bits per heavy atom. The molecule has 1 N–H and O–H groups in total. The molecule has 1 saturated heterocycles. The van der Waals surface area contributed by atoms with Crippen molar-refractivity contribution in [3.05, 3.63) is 0 Å². The van der Waals surface area contributed by atoms with E-state index in [0.717, 1.165) is 6.42 Å². The van der Waals surface area contributed by atoms with E-state index in [1.54, 1.807) is 0 Å². The highest BCUT2D eigenvalue weighted by Crippen LogP contribution is 2.29. The number of likely N-dealkylation sites (tertiary alicyclic amines) is 1. The molecule has 90 valence electrons. The highest BCUT2D eigenvalue weighted by molar-refractivity contribution is 4.78. The van der Waals surface area contributed by atoms with Gasteiger partial charge >= 0.3 is 6.30 Å². The zero-order valence-electron chi connectivity index (χ0n) is 8.46. The van der Waals surface area contributed by atoms with Gasteiger partial charge in [-0.2, -0.15) is 13.2 Å². The Kier molecular flexibility index (Phi) is 4.82. The largest absolute Gasteiger partial charge is 0.460 e. The third kappa shape index (κ3) is 3.96. The van der Waals surface area contributed by atoms with Crippen LogP contribution in [-0.4, -0.2) is 48.7 Å². The molecular weight excluding hydrogens is 211 g/mol. The molecule has 0 aliphatic carbocycles. The summed E-state index contributed by atoms with van der Waals surface area (Å²) >= 11 is 0. The molecule has 1 rings (SSSR count). The first kappa shape index (κ1) is 12.7. The lowest BCUT2D eigenvalue weighted by Gasteiger charge is -2.36. The van der Waals surface area contributed by atoms with Gasteiger partial charge in [0.05, 0.1) is 19.8 Å². The summed E-state index contributed by atoms with van der Waals surface area (Å²) in [4.78, 5) is 0.536. The van der Waals surface area contributed by atoms with Crippen molar-refractivity contribution in [1.82, 2.24) is 4.90 Å². The third-order valence-electron chi connectivity index (χ3n) is 2.50. The van der Waals surface area contributed by atoms with E-state index < -0.39 is 12.3 Å². The molecule has 0 aromatic carbocycles. The molecule has 15 heavy (non-hydrogen) atoms. The average Bonchev–Trinajstić information content (AvgIpc) is 2.17. The van der Waals surface area contributed by atoms with Gasteiger partial charge < -0.3 is 9.84 Å². The summed E-state index contributed by atoms with van der Waals surface area (Å²) in [6.45, 7) is 0.0393. The second-order valence-corrected chi connectivity index (χ2v) is 3.61. The van der Waals surface area contributed by atoms with Gasteiger partial charge in [0.25, 0.3) is 0 Å². The number of aliphatic hydroxyl groups excluding tert-OH is 1. The number of aliphatic hydroxyl groups is 1. The predicted molar refractivity (Wildman–Crippen MR) is 48.3 cm³/mol. The first-order valence-corrected chi connectivity index (χ1v) is 5.08. The number of rotatable bonds is 4. The lowest BCUT2D eigenvalue weighted by Crippen LogP contribution is -2.50. The van der Waals surface area contributed by atoms with Gasteiger partial charge in [-0.1, -0.05) is 6.42 Å². The highest BCUT2D eigenvalue weighted by Gasteiger charge is 2.42. The molecule has 0 unspecified atom stereocenters. The minimum atomic E-state index is -4.27. The van der Waals surface area contributed by atoms with E-state index in [-0.39, 0.29) is 26.4 Å². The quantitative estimate of drug-likeness (QED) is 0.581. The van der Waals surface area contributed by atoms with Crippen molar-refractivity contribution in [3.8, 4) is 0 Å². The summed E-state index contributed by atoms with van der Waals surface area (Å²) in [7, 11) is 0. The monoisotopic (exact) mass is 227 g/mol. The molecule has 1 aliphatic heterocycles. The van der Waals surface area contributed by atoms with Gasteiger partial charge in [-0.15, -0.1) is 0 Å². The summed E-state index contributed by atoms with van der Waals surface area (Å²) in [5.41, 5.74) is 0. The van der Waals surface area contributed by atoms with Crippen molar-refractivity contribution in [2.75, 3.05) is 26.4 Å². The van der Waals surface area contributed by atoms with E-state index in [9.17, 15) is 13.2 Å². The normalized spacial score (nSPS) is 24.4. The summed E-state index contributed by atoms with van der Waals surface area (Å²) in [6, 6.07) is -0.592. The fourth-order valence-corrected chi connectivity index (χ4v) is 1.79. The van der Waals surface area contributed by atoms with Gasteiger partial charge in [0, 0.05) is 12.6 Å². The fraction of sp³-hybridized carbons (Fsp3) is 1.00. The van der Waals surface area contributed by atoms with E-state index in [4.69, 9.17) is 9.84 Å². The molecule has 6 heteroatoms. The third-order valence-corrected chi connectivity index (χ3v) is 2.50. The topological polar surface area (TPSA) is 32.7 Å². The van der Waals surface area contributed by atoms with Gasteiger partial charge in [-0.05, 0) is 12.8 Å². The van der Waals surface area contributed by atoms with Crippen LogP contribution in [0.2, 0.25) is 0 Å². The number of alkyl halides is 3. The number of hydrogen-bond donors (Lipinski definition) is 1. The number of halogens is 3. The van der Waals surface area contributed by atoms with E-state index in [1.807, 2.05) is 0 Å². The van der Waals surface area contributed by atoms with Gasteiger partial charge in [-0.25, -0.2) is 4.90 Å². The fourth-order valence-electron chi connectivity index (χ4n) is 1.79. The Labute approximate surface area is 86.8 Å². The predicted octanol–water partition coefficient (Wildman–Crippen LogP) is 1.37. The Balaban J connectivity index is 2.43. The smallest absolute Gasteiger partial charge is 0.394 e. The second-order valence-electron chi connectivity index (χ2n) is 3.61. The maximum Gasteiger partial charge on any atom is 0.460 e. The van der Waals surface area contributed by atoms with Crippen molar-refractivity contribution < 1.29 is 23.0 Å². The van der Waals surface area contributed by atoms with Crippen LogP contribution in [-0.2, 0) is 4.74 Å². The van der Waals surface area contributed by atoms with Crippen LogP contribution >= 0.6 is 0 Å². The van der Waals surface area contributed by atoms with Crippen LogP contribution in [0.15, 0.2) is 0 Å². The summed E-state index contributed by atoms with van der Waals surface area (Å²) in [6.07, 6.45) is -2.38. The van der Waals surface area contributed by atoms with E-state index in [0.29, 0.717) is 17.7 Å². The van der Waals surface area contributed by atoms with Gasteiger partial charge in [0.2, 0.25) is 0 Å². The van der Waals surface area contributed by atoms with Crippen molar-refractivity contribution in [3.63, 3.8) is 0 Å². The first-order valence-electron chi connectivity index (χ1n) is 5.08. The molecule has 1 aliphatic rings. The summed E-state index contributed by atoms with van der Waals surface area (Å²) < 4.78 is 42.5. The number of nitrogens with zero attached hydrogens (tertiary/aromatic N) is 1.